The van der Waals surface area contributed by atoms with Crippen molar-refractivity contribution in [3.63, 3.8) is 0 Å². The molecular weight excluding hydrogens is 416 g/mol. The zero-order valence-electron chi connectivity index (χ0n) is 16.8. The number of aromatic nitrogens is 2. The number of urea groups is 1. The van der Waals surface area contributed by atoms with E-state index in [0.717, 1.165) is 27.0 Å². The Balaban J connectivity index is 1.42. The zero-order valence-corrected chi connectivity index (χ0v) is 17.6. The van der Waals surface area contributed by atoms with Gasteiger partial charge in [0.25, 0.3) is 5.91 Å². The largest absolute Gasteiger partial charge is 0.497 e. The van der Waals surface area contributed by atoms with Gasteiger partial charge in [-0.1, -0.05) is 23.4 Å². The Kier molecular flexibility index (Phi) is 4.48. The highest BCUT2D eigenvalue weighted by Crippen LogP contribution is 2.32. The second-order valence-corrected chi connectivity index (χ2v) is 8.18. The van der Waals surface area contributed by atoms with Crippen LogP contribution in [0.4, 0.5) is 4.79 Å². The third kappa shape index (κ3) is 3.23. The number of thiophene rings is 1. The molecule has 1 aliphatic heterocycles. The van der Waals surface area contributed by atoms with E-state index in [0.29, 0.717) is 11.4 Å². The summed E-state index contributed by atoms with van der Waals surface area (Å²) in [7, 11) is 1.62. The molecule has 0 saturated carbocycles. The van der Waals surface area contributed by atoms with E-state index >= 15 is 0 Å². The first kappa shape index (κ1) is 19.3. The molecule has 1 N–H and O–H groups in total. The summed E-state index contributed by atoms with van der Waals surface area (Å²) in [5.41, 5.74) is 0.326. The van der Waals surface area contributed by atoms with Crippen molar-refractivity contribution < 1.29 is 18.8 Å². The Morgan fingerprint density at radius 1 is 1.16 bits per heavy atom. The summed E-state index contributed by atoms with van der Waals surface area (Å²) in [6.45, 7) is 1.60. The number of carbonyl (C=O) groups is 2. The summed E-state index contributed by atoms with van der Waals surface area (Å²) >= 11 is 1.52. The smallest absolute Gasteiger partial charge is 0.325 e. The standard InChI is InChI=1S/C22H18N4O4S/c1-22(16-5-3-14-10-17(29-2)6-4-13(14)9-16)20(27)26(21(28)24-22)11-18-23-19(25-30-18)15-7-8-31-12-15/h3-10,12H,11H2,1-2H3,(H,24,28)/t22-/m1/s1. The number of benzene rings is 2. The van der Waals surface area contributed by atoms with Crippen molar-refractivity contribution in [1.29, 1.82) is 0 Å². The van der Waals surface area contributed by atoms with Crippen molar-refractivity contribution >= 4 is 34.0 Å². The fraction of sp³-hybridized carbons (Fsp3) is 0.182. The van der Waals surface area contributed by atoms with Gasteiger partial charge in [-0.2, -0.15) is 16.3 Å². The molecule has 0 radical (unpaired) electrons. The number of ether oxygens (including phenoxy) is 1. The summed E-state index contributed by atoms with van der Waals surface area (Å²) in [6.07, 6.45) is 0. The van der Waals surface area contributed by atoms with Crippen LogP contribution in [0.25, 0.3) is 22.2 Å². The average molecular weight is 434 g/mol. The van der Waals surface area contributed by atoms with Gasteiger partial charge in [0.15, 0.2) is 0 Å². The normalized spacial score (nSPS) is 18.6. The molecule has 2 aromatic heterocycles. The minimum Gasteiger partial charge on any atom is -0.497 e. The Morgan fingerprint density at radius 3 is 2.74 bits per heavy atom. The fourth-order valence-corrected chi connectivity index (χ4v) is 4.30. The summed E-state index contributed by atoms with van der Waals surface area (Å²) in [4.78, 5) is 31.3. The van der Waals surface area contributed by atoms with E-state index in [-0.39, 0.29) is 18.3 Å². The third-order valence-electron chi connectivity index (χ3n) is 5.44. The number of hydrogen-bond donors (Lipinski definition) is 1. The van der Waals surface area contributed by atoms with E-state index in [2.05, 4.69) is 15.5 Å². The predicted molar refractivity (Wildman–Crippen MR) is 115 cm³/mol. The second-order valence-electron chi connectivity index (χ2n) is 7.40. The molecule has 1 atom stereocenters. The van der Waals surface area contributed by atoms with Gasteiger partial charge < -0.3 is 14.6 Å². The molecule has 1 aliphatic rings. The lowest BCUT2D eigenvalue weighted by molar-refractivity contribution is -0.131. The lowest BCUT2D eigenvalue weighted by Gasteiger charge is -2.22. The fourth-order valence-electron chi connectivity index (χ4n) is 3.66. The molecule has 4 aromatic rings. The van der Waals surface area contributed by atoms with Gasteiger partial charge >= 0.3 is 6.03 Å². The van der Waals surface area contributed by atoms with Crippen LogP contribution in [-0.2, 0) is 16.9 Å². The van der Waals surface area contributed by atoms with Crippen LogP contribution in [0.5, 0.6) is 5.75 Å². The summed E-state index contributed by atoms with van der Waals surface area (Å²) in [5, 5.41) is 12.5. The number of nitrogens with zero attached hydrogens (tertiary/aromatic N) is 3. The van der Waals surface area contributed by atoms with E-state index in [1.54, 1.807) is 14.0 Å². The quantitative estimate of drug-likeness (QED) is 0.478. The minimum atomic E-state index is -1.19. The lowest BCUT2D eigenvalue weighted by Crippen LogP contribution is -2.40. The number of hydrogen-bond acceptors (Lipinski definition) is 7. The highest BCUT2D eigenvalue weighted by Gasteiger charge is 2.49. The Hall–Kier alpha value is -3.72. The molecule has 0 unspecified atom stereocenters. The van der Waals surface area contributed by atoms with E-state index < -0.39 is 11.6 Å². The topological polar surface area (TPSA) is 97.6 Å². The van der Waals surface area contributed by atoms with Crippen molar-refractivity contribution in [3.8, 4) is 17.1 Å². The molecule has 156 valence electrons. The third-order valence-corrected chi connectivity index (χ3v) is 6.12. The van der Waals surface area contributed by atoms with Crippen molar-refractivity contribution in [2.75, 3.05) is 7.11 Å². The van der Waals surface area contributed by atoms with Crippen molar-refractivity contribution in [2.24, 2.45) is 0 Å². The molecule has 5 rings (SSSR count). The number of imide groups is 1. The van der Waals surface area contributed by atoms with Crippen LogP contribution in [0.1, 0.15) is 18.4 Å². The summed E-state index contributed by atoms with van der Waals surface area (Å²) in [5.74, 6) is 1.00. The molecule has 0 spiro atoms. The summed E-state index contributed by atoms with van der Waals surface area (Å²) in [6, 6.07) is 12.7. The monoisotopic (exact) mass is 434 g/mol. The van der Waals surface area contributed by atoms with E-state index in [1.165, 1.54) is 11.3 Å². The first-order valence-corrected chi connectivity index (χ1v) is 10.5. The van der Waals surface area contributed by atoms with Crippen LogP contribution in [0.2, 0.25) is 0 Å². The predicted octanol–water partition coefficient (Wildman–Crippen LogP) is 3.93. The first-order chi connectivity index (χ1) is 15.0. The Morgan fingerprint density at radius 2 is 1.97 bits per heavy atom. The maximum Gasteiger partial charge on any atom is 0.325 e. The highest BCUT2D eigenvalue weighted by atomic mass is 32.1. The Labute approximate surface area is 181 Å². The zero-order chi connectivity index (χ0) is 21.6. The molecule has 0 aliphatic carbocycles. The maximum absolute atomic E-state index is 13.2. The molecule has 1 fully saturated rings. The summed E-state index contributed by atoms with van der Waals surface area (Å²) < 4.78 is 10.5. The number of fused-ring (bicyclic) bond motifs is 1. The van der Waals surface area contributed by atoms with Crippen LogP contribution in [0.15, 0.2) is 57.7 Å². The highest BCUT2D eigenvalue weighted by molar-refractivity contribution is 7.08. The average Bonchev–Trinajstić information content (AvgIpc) is 3.51. The molecule has 1 saturated heterocycles. The first-order valence-electron chi connectivity index (χ1n) is 9.55. The number of nitrogens with one attached hydrogen (secondary N) is 1. The van der Waals surface area contributed by atoms with Crippen LogP contribution >= 0.6 is 11.3 Å². The molecule has 8 nitrogen and oxygen atoms in total. The van der Waals surface area contributed by atoms with Gasteiger partial charge in [-0.3, -0.25) is 9.69 Å². The van der Waals surface area contributed by atoms with Crippen LogP contribution in [0.3, 0.4) is 0 Å². The molecule has 31 heavy (non-hydrogen) atoms. The SMILES string of the molecule is COc1ccc2cc([C@@]3(C)NC(=O)N(Cc4nc(-c5ccsc5)no4)C3=O)ccc2c1. The van der Waals surface area contributed by atoms with Crippen LogP contribution in [-0.4, -0.2) is 34.1 Å². The van der Waals surface area contributed by atoms with E-state index in [1.807, 2.05) is 53.2 Å². The number of rotatable bonds is 5. The van der Waals surface area contributed by atoms with Crippen molar-refractivity contribution in [3.05, 3.63) is 64.7 Å². The molecular formula is C22H18N4O4S. The molecule has 3 heterocycles. The van der Waals surface area contributed by atoms with Gasteiger partial charge in [0, 0.05) is 10.9 Å². The van der Waals surface area contributed by atoms with Crippen LogP contribution < -0.4 is 10.1 Å². The van der Waals surface area contributed by atoms with E-state index in [4.69, 9.17) is 9.26 Å². The number of amides is 3. The molecule has 3 amide bonds. The molecule has 2 aromatic carbocycles. The lowest BCUT2D eigenvalue weighted by atomic mass is 9.90. The maximum atomic E-state index is 13.2. The van der Waals surface area contributed by atoms with Gasteiger partial charge in [0.2, 0.25) is 11.7 Å². The molecule has 9 heteroatoms. The minimum absolute atomic E-state index is 0.0951. The van der Waals surface area contributed by atoms with Crippen LogP contribution in [0, 0.1) is 0 Å². The van der Waals surface area contributed by atoms with Gasteiger partial charge in [-0.25, -0.2) is 4.79 Å². The van der Waals surface area contributed by atoms with Gasteiger partial charge in [0.1, 0.15) is 17.8 Å². The second kappa shape index (κ2) is 7.21. The van der Waals surface area contributed by atoms with Crippen molar-refractivity contribution in [1.82, 2.24) is 20.4 Å². The Bertz CT molecular complexity index is 1300. The molecule has 0 bridgehead atoms. The number of carbonyl (C=O) groups excluding carboxylic acids is 2. The number of methoxy groups -OCH3 is 1. The van der Waals surface area contributed by atoms with E-state index in [9.17, 15) is 9.59 Å². The van der Waals surface area contributed by atoms with Gasteiger partial charge in [-0.05, 0) is 52.9 Å². The van der Waals surface area contributed by atoms with Gasteiger partial charge in [0.05, 0.1) is 7.11 Å². The van der Waals surface area contributed by atoms with Gasteiger partial charge in [-0.15, -0.1) is 0 Å². The van der Waals surface area contributed by atoms with Crippen molar-refractivity contribution in [2.45, 2.75) is 19.0 Å².